The van der Waals surface area contributed by atoms with E-state index in [4.69, 9.17) is 9.47 Å². The number of hydrogen-bond acceptors (Lipinski definition) is 7. The predicted octanol–water partition coefficient (Wildman–Crippen LogP) is 4.67. The topological polar surface area (TPSA) is 125 Å². The fraction of sp³-hybridized carbons (Fsp3) is 0.487. The van der Waals surface area contributed by atoms with Crippen molar-refractivity contribution in [2.75, 3.05) is 26.2 Å². The van der Waals surface area contributed by atoms with Crippen molar-refractivity contribution in [3.8, 4) is 0 Å². The number of carbonyl (C=O) groups is 4. The quantitative estimate of drug-likeness (QED) is 0.134. The Morgan fingerprint density at radius 2 is 1.78 bits per heavy atom. The summed E-state index contributed by atoms with van der Waals surface area (Å²) in [4.78, 5) is 59.4. The van der Waals surface area contributed by atoms with Crippen LogP contribution in [0, 0.1) is 11.8 Å². The third-order valence-electron chi connectivity index (χ3n) is 10.1. The van der Waals surface area contributed by atoms with E-state index in [1.165, 1.54) is 4.90 Å². The number of likely N-dealkylation sites (tertiary alicyclic amines) is 1. The molecule has 49 heavy (non-hydrogen) atoms. The molecule has 0 unspecified atom stereocenters. The number of amides is 3. The molecule has 10 heteroatoms. The maximum Gasteiger partial charge on any atom is 0.313 e. The van der Waals surface area contributed by atoms with E-state index in [1.807, 2.05) is 60.7 Å². The maximum atomic E-state index is 14.8. The van der Waals surface area contributed by atoms with Gasteiger partial charge >= 0.3 is 5.97 Å². The Bertz CT molecular complexity index is 1480. The molecule has 3 saturated heterocycles. The van der Waals surface area contributed by atoms with Crippen LogP contribution < -0.4 is 5.32 Å². The second kappa shape index (κ2) is 16.4. The lowest BCUT2D eigenvalue weighted by molar-refractivity contribution is -0.161. The van der Waals surface area contributed by atoms with E-state index in [0.717, 1.165) is 19.3 Å². The number of allylic oxidation sites excluding steroid dienone is 1. The van der Waals surface area contributed by atoms with Gasteiger partial charge in [0, 0.05) is 19.5 Å². The number of nitrogens with one attached hydrogen (secondary N) is 1. The summed E-state index contributed by atoms with van der Waals surface area (Å²) < 4.78 is 12.8. The Kier molecular flexibility index (Phi) is 12.1. The number of nitrogens with zero attached hydrogens (tertiary/aromatic N) is 2. The molecule has 3 amide bonds. The lowest BCUT2D eigenvalue weighted by atomic mass is 9.70. The number of ether oxygens (including phenoxy) is 2. The number of benzene rings is 2. The van der Waals surface area contributed by atoms with Crippen LogP contribution >= 0.6 is 0 Å². The lowest BCUT2D eigenvalue weighted by Crippen LogP contribution is -2.57. The van der Waals surface area contributed by atoms with Gasteiger partial charge in [-0.05, 0) is 36.8 Å². The van der Waals surface area contributed by atoms with Crippen molar-refractivity contribution in [2.45, 2.75) is 81.8 Å². The first-order chi connectivity index (χ1) is 23.8. The van der Waals surface area contributed by atoms with Crippen LogP contribution in [0.25, 0.3) is 0 Å². The first-order valence-electron chi connectivity index (χ1n) is 17.5. The SMILES string of the molecule is C=CCCC(=O)NC[C@H](OC(=O)[C@@H]1[C@H]2C(=O)N([C@H](CO)c3ccccc3)[C@H](C(=O)N(CC=C)CCCCC)[C@]23CC[C@H]1O3)c1ccccc1. The molecular weight excluding hydrogens is 622 g/mol. The molecule has 0 saturated carbocycles. The fourth-order valence-corrected chi connectivity index (χ4v) is 7.82. The highest BCUT2D eigenvalue weighted by molar-refractivity contribution is 5.98. The summed E-state index contributed by atoms with van der Waals surface area (Å²) in [6.45, 7) is 10.0. The molecule has 0 radical (unpaired) electrons. The Hall–Kier alpha value is -4.28. The number of rotatable bonds is 18. The fourth-order valence-electron chi connectivity index (χ4n) is 7.82. The number of carbonyl (C=O) groups excluding carboxylic acids is 4. The molecule has 5 rings (SSSR count). The Labute approximate surface area is 289 Å². The van der Waals surface area contributed by atoms with Crippen molar-refractivity contribution in [1.29, 1.82) is 0 Å². The van der Waals surface area contributed by atoms with Crippen molar-refractivity contribution in [1.82, 2.24) is 15.1 Å². The predicted molar refractivity (Wildman–Crippen MR) is 185 cm³/mol. The second-order valence-corrected chi connectivity index (χ2v) is 13.2. The molecule has 3 fully saturated rings. The van der Waals surface area contributed by atoms with Gasteiger partial charge in [0.1, 0.15) is 17.7 Å². The van der Waals surface area contributed by atoms with Crippen molar-refractivity contribution in [3.63, 3.8) is 0 Å². The third kappa shape index (κ3) is 7.35. The monoisotopic (exact) mass is 671 g/mol. The van der Waals surface area contributed by atoms with Crippen molar-refractivity contribution in [3.05, 3.63) is 97.1 Å². The minimum absolute atomic E-state index is 0.0514. The summed E-state index contributed by atoms with van der Waals surface area (Å²) in [6.07, 6.45) is 6.29. The van der Waals surface area contributed by atoms with Crippen LogP contribution in [-0.2, 0) is 28.7 Å². The number of aliphatic hydroxyl groups is 1. The van der Waals surface area contributed by atoms with Gasteiger partial charge in [0.15, 0.2) is 0 Å². The summed E-state index contributed by atoms with van der Waals surface area (Å²) in [5.41, 5.74) is 0.109. The number of aliphatic hydroxyl groups excluding tert-OH is 1. The largest absolute Gasteiger partial charge is 0.455 e. The van der Waals surface area contributed by atoms with Gasteiger partial charge in [0.05, 0.1) is 37.1 Å². The lowest BCUT2D eigenvalue weighted by Gasteiger charge is -2.39. The molecule has 2 bridgehead atoms. The highest BCUT2D eigenvalue weighted by atomic mass is 16.6. The molecule has 2 N–H and O–H groups in total. The minimum atomic E-state index is -1.27. The normalized spacial score (nSPS) is 24.9. The van der Waals surface area contributed by atoms with E-state index in [-0.39, 0.29) is 24.8 Å². The molecule has 2 aromatic carbocycles. The minimum Gasteiger partial charge on any atom is -0.455 e. The molecule has 1 spiro atoms. The number of hydrogen-bond donors (Lipinski definition) is 2. The summed E-state index contributed by atoms with van der Waals surface area (Å²) in [5.74, 6) is -3.44. The van der Waals surface area contributed by atoms with Crippen LogP contribution in [0.3, 0.4) is 0 Å². The van der Waals surface area contributed by atoms with Gasteiger partial charge in [-0.15, -0.1) is 13.2 Å². The summed E-state index contributed by atoms with van der Waals surface area (Å²) in [7, 11) is 0. The van der Waals surface area contributed by atoms with E-state index < -0.39 is 60.2 Å². The first kappa shape index (κ1) is 36.0. The van der Waals surface area contributed by atoms with E-state index in [0.29, 0.717) is 43.5 Å². The second-order valence-electron chi connectivity index (χ2n) is 13.2. The van der Waals surface area contributed by atoms with Crippen LogP contribution in [0.1, 0.15) is 75.1 Å². The van der Waals surface area contributed by atoms with Crippen molar-refractivity contribution >= 4 is 23.7 Å². The van der Waals surface area contributed by atoms with E-state index in [9.17, 15) is 24.3 Å². The zero-order valence-corrected chi connectivity index (χ0v) is 28.4. The van der Waals surface area contributed by atoms with Crippen LogP contribution in [0.4, 0.5) is 0 Å². The van der Waals surface area contributed by atoms with Gasteiger partial charge in [0.2, 0.25) is 17.7 Å². The van der Waals surface area contributed by atoms with Crippen molar-refractivity contribution < 1.29 is 33.8 Å². The highest BCUT2D eigenvalue weighted by Crippen LogP contribution is 2.60. The Morgan fingerprint density at radius 3 is 2.41 bits per heavy atom. The van der Waals surface area contributed by atoms with Gasteiger partial charge in [0.25, 0.3) is 0 Å². The molecule has 0 aliphatic carbocycles. The van der Waals surface area contributed by atoms with Crippen LogP contribution in [0.15, 0.2) is 86.0 Å². The van der Waals surface area contributed by atoms with Crippen LogP contribution in [0.2, 0.25) is 0 Å². The Morgan fingerprint density at radius 1 is 1.08 bits per heavy atom. The molecule has 3 aliphatic heterocycles. The molecule has 0 aromatic heterocycles. The Balaban J connectivity index is 1.49. The molecule has 3 heterocycles. The standard InChI is InChI=1S/C39H49N3O7/c1-4-7-15-24-41(23-6-3)37(46)35-39-22-21-30(49-39)33(34(39)36(45)42(35)29(26-43)27-16-11-9-12-17-27)38(47)48-31(28-18-13-10-14-19-28)25-40-32(44)20-8-5-2/h5-6,9-14,16-19,29-31,33-35,43H,2-4,7-8,15,20-26H2,1H3,(H,40,44)/t29-,30-,31+,33+,34+,35-,39+/m1/s1. The molecule has 2 aromatic rings. The maximum absolute atomic E-state index is 14.8. The van der Waals surface area contributed by atoms with Crippen LogP contribution in [0.5, 0.6) is 0 Å². The van der Waals surface area contributed by atoms with Gasteiger partial charge in [-0.25, -0.2) is 0 Å². The molecule has 3 aliphatic rings. The average Bonchev–Trinajstić information content (AvgIpc) is 3.77. The first-order valence-corrected chi connectivity index (χ1v) is 17.5. The third-order valence-corrected chi connectivity index (χ3v) is 10.1. The smallest absolute Gasteiger partial charge is 0.313 e. The van der Waals surface area contributed by atoms with Gasteiger partial charge in [-0.1, -0.05) is 92.6 Å². The number of unbranched alkanes of at least 4 members (excludes halogenated alkanes) is 2. The summed E-state index contributed by atoms with van der Waals surface area (Å²) >= 11 is 0. The zero-order valence-electron chi connectivity index (χ0n) is 28.4. The number of fused-ring (bicyclic) bond motifs is 1. The van der Waals surface area contributed by atoms with Gasteiger partial charge in [-0.2, -0.15) is 0 Å². The van der Waals surface area contributed by atoms with Gasteiger partial charge in [-0.3, -0.25) is 19.2 Å². The summed E-state index contributed by atoms with van der Waals surface area (Å²) in [5, 5.41) is 13.6. The molecule has 10 nitrogen and oxygen atoms in total. The average molecular weight is 672 g/mol. The number of esters is 1. The molecule has 262 valence electrons. The van der Waals surface area contributed by atoms with E-state index >= 15 is 0 Å². The van der Waals surface area contributed by atoms with Gasteiger partial charge < -0.3 is 29.7 Å². The molecule has 7 atom stereocenters. The zero-order chi connectivity index (χ0) is 35.0. The van der Waals surface area contributed by atoms with E-state index in [2.05, 4.69) is 25.4 Å². The van der Waals surface area contributed by atoms with Crippen LogP contribution in [-0.4, -0.2) is 82.6 Å². The van der Waals surface area contributed by atoms with E-state index in [1.54, 1.807) is 17.1 Å². The van der Waals surface area contributed by atoms with Crippen molar-refractivity contribution in [2.24, 2.45) is 11.8 Å². The highest BCUT2D eigenvalue weighted by Gasteiger charge is 2.75. The summed E-state index contributed by atoms with van der Waals surface area (Å²) in [6, 6.07) is 16.4. The molecular formula is C39H49N3O7.